The SMILES string of the molecule is CNC1(C)C=CC(CCN)=CC1. The Bertz CT molecular complexity index is 206. The highest BCUT2D eigenvalue weighted by Crippen LogP contribution is 2.21. The van der Waals surface area contributed by atoms with Crippen molar-refractivity contribution in [2.45, 2.75) is 25.3 Å². The first-order valence-electron chi connectivity index (χ1n) is 4.47. The van der Waals surface area contributed by atoms with Gasteiger partial charge in [-0.3, -0.25) is 0 Å². The minimum absolute atomic E-state index is 0.151. The minimum Gasteiger partial charge on any atom is -0.330 e. The van der Waals surface area contributed by atoms with Crippen LogP contribution < -0.4 is 11.1 Å². The van der Waals surface area contributed by atoms with Gasteiger partial charge >= 0.3 is 0 Å². The second-order valence-electron chi connectivity index (χ2n) is 3.52. The van der Waals surface area contributed by atoms with Crippen LogP contribution in [-0.4, -0.2) is 19.1 Å². The van der Waals surface area contributed by atoms with Crippen molar-refractivity contribution in [3.8, 4) is 0 Å². The van der Waals surface area contributed by atoms with Crippen LogP contribution in [0.4, 0.5) is 0 Å². The molecule has 1 aliphatic carbocycles. The van der Waals surface area contributed by atoms with Crippen molar-refractivity contribution in [3.05, 3.63) is 23.8 Å². The van der Waals surface area contributed by atoms with Gasteiger partial charge in [-0.1, -0.05) is 23.8 Å². The van der Waals surface area contributed by atoms with E-state index in [9.17, 15) is 0 Å². The monoisotopic (exact) mass is 166 g/mol. The van der Waals surface area contributed by atoms with Crippen LogP contribution in [0.1, 0.15) is 19.8 Å². The lowest BCUT2D eigenvalue weighted by molar-refractivity contribution is 0.478. The van der Waals surface area contributed by atoms with Crippen LogP contribution in [0.25, 0.3) is 0 Å². The van der Waals surface area contributed by atoms with Crippen molar-refractivity contribution in [1.82, 2.24) is 5.32 Å². The predicted octanol–water partition coefficient (Wildman–Crippen LogP) is 1.20. The van der Waals surface area contributed by atoms with E-state index < -0.39 is 0 Å². The highest BCUT2D eigenvalue weighted by molar-refractivity contribution is 5.28. The van der Waals surface area contributed by atoms with Gasteiger partial charge in [0.15, 0.2) is 0 Å². The van der Waals surface area contributed by atoms with Gasteiger partial charge in [0, 0.05) is 5.54 Å². The largest absolute Gasteiger partial charge is 0.330 e. The van der Waals surface area contributed by atoms with E-state index in [1.54, 1.807) is 0 Å². The Kier molecular flexibility index (Phi) is 3.06. The van der Waals surface area contributed by atoms with Crippen molar-refractivity contribution in [1.29, 1.82) is 0 Å². The molecule has 0 saturated heterocycles. The van der Waals surface area contributed by atoms with Gasteiger partial charge in [0.25, 0.3) is 0 Å². The molecule has 0 spiro atoms. The Labute approximate surface area is 74.5 Å². The number of hydrogen-bond acceptors (Lipinski definition) is 2. The smallest absolute Gasteiger partial charge is 0.0371 e. The molecule has 0 bridgehead atoms. The fourth-order valence-electron chi connectivity index (χ4n) is 1.31. The Morgan fingerprint density at radius 1 is 1.67 bits per heavy atom. The maximum Gasteiger partial charge on any atom is 0.0371 e. The molecule has 2 nitrogen and oxygen atoms in total. The van der Waals surface area contributed by atoms with Crippen LogP contribution in [0.5, 0.6) is 0 Å². The first kappa shape index (κ1) is 9.49. The van der Waals surface area contributed by atoms with Crippen LogP contribution in [-0.2, 0) is 0 Å². The Balaban J connectivity index is 2.55. The molecule has 0 radical (unpaired) electrons. The topological polar surface area (TPSA) is 38.0 Å². The standard InChI is InChI=1S/C10H18N2/c1-10(12-2)6-3-9(4-7-10)5-8-11/h3-4,6,12H,5,7-8,11H2,1-2H3. The predicted molar refractivity (Wildman–Crippen MR) is 53.0 cm³/mol. The van der Waals surface area contributed by atoms with Gasteiger partial charge in [0.05, 0.1) is 0 Å². The average Bonchev–Trinajstić information content (AvgIpc) is 2.10. The van der Waals surface area contributed by atoms with Gasteiger partial charge in [-0.25, -0.2) is 0 Å². The summed E-state index contributed by atoms with van der Waals surface area (Å²) in [6, 6.07) is 0. The number of nitrogens with one attached hydrogen (secondary N) is 1. The molecular formula is C10H18N2. The van der Waals surface area contributed by atoms with Gasteiger partial charge in [-0.2, -0.15) is 0 Å². The molecule has 0 aliphatic heterocycles. The molecule has 1 unspecified atom stereocenters. The first-order valence-corrected chi connectivity index (χ1v) is 4.47. The summed E-state index contributed by atoms with van der Waals surface area (Å²) in [6.07, 6.45) is 8.72. The fourth-order valence-corrected chi connectivity index (χ4v) is 1.31. The third kappa shape index (κ3) is 2.19. The molecule has 0 saturated carbocycles. The molecule has 68 valence electrons. The summed E-state index contributed by atoms with van der Waals surface area (Å²) in [5.74, 6) is 0. The third-order valence-electron chi connectivity index (χ3n) is 2.46. The molecule has 0 amide bonds. The minimum atomic E-state index is 0.151. The van der Waals surface area contributed by atoms with Crippen LogP contribution >= 0.6 is 0 Å². The molecule has 1 atom stereocenters. The zero-order valence-corrected chi connectivity index (χ0v) is 7.93. The van der Waals surface area contributed by atoms with E-state index in [1.165, 1.54) is 5.57 Å². The van der Waals surface area contributed by atoms with Gasteiger partial charge in [0.1, 0.15) is 0 Å². The van der Waals surface area contributed by atoms with Crippen molar-refractivity contribution in [2.75, 3.05) is 13.6 Å². The maximum atomic E-state index is 5.47. The van der Waals surface area contributed by atoms with E-state index >= 15 is 0 Å². The average molecular weight is 166 g/mol. The summed E-state index contributed by atoms with van der Waals surface area (Å²) >= 11 is 0. The summed E-state index contributed by atoms with van der Waals surface area (Å²) in [5.41, 5.74) is 6.99. The summed E-state index contributed by atoms with van der Waals surface area (Å²) < 4.78 is 0. The molecule has 0 aromatic rings. The Hall–Kier alpha value is -0.600. The van der Waals surface area contributed by atoms with Gasteiger partial charge in [0.2, 0.25) is 0 Å². The molecule has 0 heterocycles. The molecule has 0 fully saturated rings. The van der Waals surface area contributed by atoms with Crippen molar-refractivity contribution in [3.63, 3.8) is 0 Å². The van der Waals surface area contributed by atoms with Crippen LogP contribution in [0, 0.1) is 0 Å². The summed E-state index contributed by atoms with van der Waals surface area (Å²) in [4.78, 5) is 0. The lowest BCUT2D eigenvalue weighted by atomic mass is 9.90. The van der Waals surface area contributed by atoms with Crippen LogP contribution in [0.3, 0.4) is 0 Å². The van der Waals surface area contributed by atoms with Crippen molar-refractivity contribution < 1.29 is 0 Å². The van der Waals surface area contributed by atoms with E-state index in [-0.39, 0.29) is 5.54 Å². The highest BCUT2D eigenvalue weighted by Gasteiger charge is 2.18. The second-order valence-corrected chi connectivity index (χ2v) is 3.52. The lowest BCUT2D eigenvalue weighted by Crippen LogP contribution is -2.38. The maximum absolute atomic E-state index is 5.47. The Morgan fingerprint density at radius 2 is 2.42 bits per heavy atom. The highest BCUT2D eigenvalue weighted by atomic mass is 14.9. The number of rotatable bonds is 3. The molecule has 0 aromatic carbocycles. The van der Waals surface area contributed by atoms with Crippen LogP contribution in [0.15, 0.2) is 23.8 Å². The third-order valence-corrected chi connectivity index (χ3v) is 2.46. The van der Waals surface area contributed by atoms with E-state index in [2.05, 4.69) is 30.5 Å². The van der Waals surface area contributed by atoms with E-state index in [1.807, 2.05) is 7.05 Å². The summed E-state index contributed by atoms with van der Waals surface area (Å²) in [5, 5.41) is 3.28. The van der Waals surface area contributed by atoms with Gasteiger partial charge in [-0.05, 0) is 33.4 Å². The fraction of sp³-hybridized carbons (Fsp3) is 0.600. The van der Waals surface area contributed by atoms with Crippen LogP contribution in [0.2, 0.25) is 0 Å². The molecule has 12 heavy (non-hydrogen) atoms. The molecule has 3 N–H and O–H groups in total. The summed E-state index contributed by atoms with van der Waals surface area (Å²) in [7, 11) is 1.99. The number of nitrogens with two attached hydrogens (primary N) is 1. The first-order chi connectivity index (χ1) is 5.70. The van der Waals surface area contributed by atoms with Crippen molar-refractivity contribution >= 4 is 0 Å². The quantitative estimate of drug-likeness (QED) is 0.661. The molecule has 0 aromatic heterocycles. The van der Waals surface area contributed by atoms with Crippen molar-refractivity contribution in [2.24, 2.45) is 5.73 Å². The zero-order valence-electron chi connectivity index (χ0n) is 7.93. The number of hydrogen-bond donors (Lipinski definition) is 2. The second kappa shape index (κ2) is 3.87. The molecule has 1 aliphatic rings. The molecular weight excluding hydrogens is 148 g/mol. The Morgan fingerprint density at radius 3 is 2.83 bits per heavy atom. The number of likely N-dealkylation sites (N-methyl/N-ethyl adjacent to an activating group) is 1. The normalized spacial score (nSPS) is 28.8. The van der Waals surface area contributed by atoms with Gasteiger partial charge < -0.3 is 11.1 Å². The lowest BCUT2D eigenvalue weighted by Gasteiger charge is -2.27. The van der Waals surface area contributed by atoms with E-state index in [0.717, 1.165) is 19.4 Å². The molecule has 1 rings (SSSR count). The van der Waals surface area contributed by atoms with E-state index in [4.69, 9.17) is 5.73 Å². The van der Waals surface area contributed by atoms with Gasteiger partial charge in [-0.15, -0.1) is 0 Å². The zero-order chi connectivity index (χ0) is 9.03. The summed E-state index contributed by atoms with van der Waals surface area (Å²) in [6.45, 7) is 2.94. The van der Waals surface area contributed by atoms with E-state index in [0.29, 0.717) is 0 Å². The molecule has 2 heteroatoms. The number of allylic oxidation sites excluding steroid dienone is 1.